The van der Waals surface area contributed by atoms with Gasteiger partial charge in [-0.3, -0.25) is 0 Å². The van der Waals surface area contributed by atoms with E-state index < -0.39 is 0 Å². The van der Waals surface area contributed by atoms with Gasteiger partial charge < -0.3 is 4.74 Å². The first-order valence-electron chi connectivity index (χ1n) is 10.5. The van der Waals surface area contributed by atoms with Crippen LogP contribution in [0.25, 0.3) is 11.1 Å². The minimum absolute atomic E-state index is 0.761. The quantitative estimate of drug-likeness (QED) is 0.503. The van der Waals surface area contributed by atoms with Gasteiger partial charge >= 0.3 is 0 Å². The molecule has 0 bridgehead atoms. The van der Waals surface area contributed by atoms with Gasteiger partial charge in [-0.1, -0.05) is 57.2 Å². The molecule has 1 fully saturated rings. The molecule has 26 heavy (non-hydrogen) atoms. The highest BCUT2D eigenvalue weighted by Crippen LogP contribution is 2.38. The fourth-order valence-corrected chi connectivity index (χ4v) is 4.31. The molecule has 0 aliphatic heterocycles. The Morgan fingerprint density at radius 2 is 1.42 bits per heavy atom. The molecule has 1 nitrogen and oxygen atoms in total. The monoisotopic (exact) mass is 350 g/mol. The molecule has 0 aromatic heterocycles. The topological polar surface area (TPSA) is 9.23 Å². The van der Waals surface area contributed by atoms with Crippen LogP contribution >= 0.6 is 0 Å². The normalized spacial score (nSPS) is 20.3. The third-order valence-electron chi connectivity index (χ3n) is 5.69. The Morgan fingerprint density at radius 1 is 0.846 bits per heavy atom. The van der Waals surface area contributed by atoms with Crippen molar-refractivity contribution in [2.24, 2.45) is 11.8 Å². The van der Waals surface area contributed by atoms with Gasteiger partial charge in [0.15, 0.2) is 0 Å². The number of hydrogen-bond donors (Lipinski definition) is 0. The zero-order valence-corrected chi connectivity index (χ0v) is 16.7. The molecule has 0 heterocycles. The fraction of sp³-hybridized carbons (Fsp3) is 0.520. The summed E-state index contributed by atoms with van der Waals surface area (Å²) in [5.41, 5.74) is 4.09. The first-order chi connectivity index (χ1) is 12.7. The molecule has 2 aromatic carbocycles. The first-order valence-corrected chi connectivity index (χ1v) is 10.5. The molecule has 1 aliphatic rings. The van der Waals surface area contributed by atoms with Gasteiger partial charge in [-0.25, -0.2) is 0 Å². The molecule has 0 spiro atoms. The van der Waals surface area contributed by atoms with Crippen molar-refractivity contribution in [2.45, 2.75) is 65.2 Å². The van der Waals surface area contributed by atoms with Crippen molar-refractivity contribution < 1.29 is 4.74 Å². The second kappa shape index (κ2) is 9.26. The van der Waals surface area contributed by atoms with Crippen LogP contribution in [0.3, 0.4) is 0 Å². The molecular formula is C25H34O. The highest BCUT2D eigenvalue weighted by atomic mass is 16.5. The van der Waals surface area contributed by atoms with E-state index in [-0.39, 0.29) is 0 Å². The van der Waals surface area contributed by atoms with Crippen LogP contribution in [0, 0.1) is 11.8 Å². The molecule has 3 rings (SSSR count). The summed E-state index contributed by atoms with van der Waals surface area (Å²) in [6.45, 7) is 7.63. The third kappa shape index (κ3) is 5.13. The van der Waals surface area contributed by atoms with E-state index >= 15 is 0 Å². The smallest absolute Gasteiger partial charge is 0.119 e. The number of rotatable bonds is 7. The molecule has 2 aromatic rings. The summed E-state index contributed by atoms with van der Waals surface area (Å²) < 4.78 is 5.68. The molecular weight excluding hydrogens is 316 g/mol. The molecule has 0 amide bonds. The van der Waals surface area contributed by atoms with E-state index in [2.05, 4.69) is 69.3 Å². The van der Waals surface area contributed by atoms with Crippen molar-refractivity contribution in [1.29, 1.82) is 0 Å². The Kier molecular flexibility index (Phi) is 6.77. The van der Waals surface area contributed by atoms with E-state index in [1.54, 1.807) is 0 Å². The lowest BCUT2D eigenvalue weighted by Crippen LogP contribution is -2.14. The van der Waals surface area contributed by atoms with E-state index in [1.807, 2.05) is 0 Å². The molecule has 140 valence electrons. The van der Waals surface area contributed by atoms with Gasteiger partial charge in [-0.15, -0.1) is 0 Å². The summed E-state index contributed by atoms with van der Waals surface area (Å²) >= 11 is 0. The molecule has 1 aliphatic carbocycles. The van der Waals surface area contributed by atoms with Crippen LogP contribution in [-0.4, -0.2) is 6.61 Å². The lowest BCUT2D eigenvalue weighted by molar-refractivity contribution is 0.283. The number of benzene rings is 2. The molecule has 1 heteroatoms. The SMILES string of the molecule is CCCOc1ccc(-c2ccc(C3CCC(CC(C)C)CC3)cc2)cc1. The molecule has 1 saturated carbocycles. The van der Waals surface area contributed by atoms with Gasteiger partial charge in [-0.05, 0) is 85.1 Å². The standard InChI is InChI=1S/C25H34O/c1-4-17-26-25-15-13-24(14-16-25)23-11-9-22(10-12-23)21-7-5-20(6-8-21)18-19(2)3/h9-16,19-21H,4-8,17-18H2,1-3H3. The summed E-state index contributed by atoms with van der Waals surface area (Å²) in [6.07, 6.45) is 7.99. The van der Waals surface area contributed by atoms with Crippen molar-refractivity contribution >= 4 is 0 Å². The maximum absolute atomic E-state index is 5.68. The Hall–Kier alpha value is -1.76. The largest absolute Gasteiger partial charge is 0.494 e. The van der Waals surface area contributed by atoms with Crippen LogP contribution in [0.4, 0.5) is 0 Å². The Labute approximate surface area is 159 Å². The fourth-order valence-electron chi connectivity index (χ4n) is 4.31. The second-order valence-electron chi connectivity index (χ2n) is 8.34. The van der Waals surface area contributed by atoms with Crippen LogP contribution in [0.1, 0.15) is 70.8 Å². The number of ether oxygens (including phenoxy) is 1. The first kappa shape index (κ1) is 19.0. The van der Waals surface area contributed by atoms with Crippen molar-refractivity contribution in [3.05, 3.63) is 54.1 Å². The van der Waals surface area contributed by atoms with Gasteiger partial charge in [0.2, 0.25) is 0 Å². The lowest BCUT2D eigenvalue weighted by atomic mass is 9.76. The van der Waals surface area contributed by atoms with Gasteiger partial charge in [0.1, 0.15) is 5.75 Å². The molecule has 0 N–H and O–H groups in total. The van der Waals surface area contributed by atoms with Crippen molar-refractivity contribution in [3.8, 4) is 16.9 Å². The van der Waals surface area contributed by atoms with E-state index in [0.29, 0.717) is 0 Å². The van der Waals surface area contributed by atoms with E-state index in [1.165, 1.54) is 48.8 Å². The molecule has 0 radical (unpaired) electrons. The zero-order valence-electron chi connectivity index (χ0n) is 16.7. The third-order valence-corrected chi connectivity index (χ3v) is 5.69. The van der Waals surface area contributed by atoms with Crippen molar-refractivity contribution in [2.75, 3.05) is 6.61 Å². The Morgan fingerprint density at radius 3 is 1.96 bits per heavy atom. The summed E-state index contributed by atoms with van der Waals surface area (Å²) in [6, 6.07) is 17.8. The zero-order chi connectivity index (χ0) is 18.4. The highest BCUT2D eigenvalue weighted by Gasteiger charge is 2.22. The van der Waals surface area contributed by atoms with Crippen molar-refractivity contribution in [3.63, 3.8) is 0 Å². The maximum atomic E-state index is 5.68. The summed E-state index contributed by atoms with van der Waals surface area (Å²) in [7, 11) is 0. The van der Waals surface area contributed by atoms with E-state index in [4.69, 9.17) is 4.74 Å². The predicted octanol–water partition coefficient (Wildman–Crippen LogP) is 7.46. The minimum Gasteiger partial charge on any atom is -0.494 e. The van der Waals surface area contributed by atoms with E-state index in [0.717, 1.165) is 36.5 Å². The van der Waals surface area contributed by atoms with Crippen LogP contribution in [0.15, 0.2) is 48.5 Å². The van der Waals surface area contributed by atoms with Gasteiger partial charge in [0.05, 0.1) is 6.61 Å². The summed E-state index contributed by atoms with van der Waals surface area (Å²) in [4.78, 5) is 0. The number of hydrogen-bond acceptors (Lipinski definition) is 1. The van der Waals surface area contributed by atoms with Crippen LogP contribution < -0.4 is 4.74 Å². The van der Waals surface area contributed by atoms with Gasteiger partial charge in [-0.2, -0.15) is 0 Å². The van der Waals surface area contributed by atoms with Gasteiger partial charge in [0.25, 0.3) is 0 Å². The van der Waals surface area contributed by atoms with Crippen LogP contribution in [0.5, 0.6) is 5.75 Å². The maximum Gasteiger partial charge on any atom is 0.119 e. The average molecular weight is 351 g/mol. The average Bonchev–Trinajstić information content (AvgIpc) is 2.67. The Bertz CT molecular complexity index is 646. The van der Waals surface area contributed by atoms with E-state index in [9.17, 15) is 0 Å². The van der Waals surface area contributed by atoms with Gasteiger partial charge in [0, 0.05) is 0 Å². The van der Waals surface area contributed by atoms with Crippen molar-refractivity contribution in [1.82, 2.24) is 0 Å². The molecule has 0 unspecified atom stereocenters. The molecule has 0 saturated heterocycles. The highest BCUT2D eigenvalue weighted by molar-refractivity contribution is 5.64. The van der Waals surface area contributed by atoms with Crippen LogP contribution in [-0.2, 0) is 0 Å². The lowest BCUT2D eigenvalue weighted by Gasteiger charge is -2.29. The summed E-state index contributed by atoms with van der Waals surface area (Å²) in [5, 5.41) is 0. The summed E-state index contributed by atoms with van der Waals surface area (Å²) in [5.74, 6) is 3.52. The Balaban J connectivity index is 1.58. The predicted molar refractivity (Wildman–Crippen MR) is 112 cm³/mol. The minimum atomic E-state index is 0.761. The van der Waals surface area contributed by atoms with Crippen LogP contribution in [0.2, 0.25) is 0 Å². The molecule has 0 atom stereocenters. The second-order valence-corrected chi connectivity index (χ2v) is 8.34.